The summed E-state index contributed by atoms with van der Waals surface area (Å²) in [6.07, 6.45) is 6.14. The summed E-state index contributed by atoms with van der Waals surface area (Å²) in [5.41, 5.74) is -0.356. The quantitative estimate of drug-likeness (QED) is 0.800. The Balaban J connectivity index is 1.58. The van der Waals surface area contributed by atoms with Crippen LogP contribution in [0.3, 0.4) is 0 Å². The average Bonchev–Trinajstić information content (AvgIpc) is 3.39. The Morgan fingerprint density at radius 3 is 2.52 bits per heavy atom. The molecule has 0 bridgehead atoms. The van der Waals surface area contributed by atoms with Crippen molar-refractivity contribution < 1.29 is 17.7 Å². The first kappa shape index (κ1) is 20.0. The summed E-state index contributed by atoms with van der Waals surface area (Å²) in [6, 6.07) is 6.26. The summed E-state index contributed by atoms with van der Waals surface area (Å²) in [7, 11) is -3.60. The minimum atomic E-state index is -3.60. The van der Waals surface area contributed by atoms with Crippen molar-refractivity contribution in [1.29, 1.82) is 0 Å². The third kappa shape index (κ3) is 3.93. The van der Waals surface area contributed by atoms with Crippen LogP contribution in [0.5, 0.6) is 0 Å². The Bertz CT molecular complexity index is 989. The molecule has 2 heterocycles. The number of nitrogens with zero attached hydrogens (tertiary/aromatic N) is 3. The number of rotatable bonds is 5. The van der Waals surface area contributed by atoms with Gasteiger partial charge in [0.15, 0.2) is 5.82 Å². The molecule has 1 saturated heterocycles. The van der Waals surface area contributed by atoms with Gasteiger partial charge in [-0.2, -0.15) is 9.29 Å². The molecule has 0 unspecified atom stereocenters. The zero-order chi connectivity index (χ0) is 20.5. The van der Waals surface area contributed by atoms with Gasteiger partial charge in [0.05, 0.1) is 4.90 Å². The van der Waals surface area contributed by atoms with Crippen molar-refractivity contribution >= 4 is 15.9 Å². The number of nitrogens with one attached hydrogen (secondary N) is 1. The Morgan fingerprint density at radius 1 is 1.14 bits per heavy atom. The molecule has 1 N–H and O–H groups in total. The van der Waals surface area contributed by atoms with Gasteiger partial charge in [0, 0.05) is 25.6 Å². The molecule has 1 aromatic carbocycles. The van der Waals surface area contributed by atoms with Crippen LogP contribution >= 0.6 is 0 Å². The molecular weight excluding hydrogens is 392 g/mol. The fourth-order valence-corrected chi connectivity index (χ4v) is 5.78. The second kappa shape index (κ2) is 7.87. The van der Waals surface area contributed by atoms with Crippen molar-refractivity contribution in [2.75, 3.05) is 13.1 Å². The molecule has 8 nitrogen and oxygen atoms in total. The van der Waals surface area contributed by atoms with Crippen LogP contribution in [0.25, 0.3) is 0 Å². The third-order valence-electron chi connectivity index (χ3n) is 5.81. The molecule has 2 aromatic rings. The normalized spacial score (nSPS) is 19.9. The highest BCUT2D eigenvalue weighted by molar-refractivity contribution is 7.89. The highest BCUT2D eigenvalue weighted by Gasteiger charge is 2.41. The maximum atomic E-state index is 13.0. The zero-order valence-corrected chi connectivity index (χ0v) is 17.4. The predicted octanol–water partition coefficient (Wildman–Crippen LogP) is 2.75. The molecule has 1 amide bonds. The van der Waals surface area contributed by atoms with Gasteiger partial charge < -0.3 is 9.84 Å². The van der Waals surface area contributed by atoms with Crippen molar-refractivity contribution in [3.05, 3.63) is 41.5 Å². The van der Waals surface area contributed by atoms with Crippen LogP contribution in [0.15, 0.2) is 33.7 Å². The maximum Gasteiger partial charge on any atom is 0.252 e. The molecule has 1 aromatic heterocycles. The first-order valence-electron chi connectivity index (χ1n) is 10.1. The number of carbonyl (C=O) groups is 1. The third-order valence-corrected chi connectivity index (χ3v) is 7.71. The molecule has 1 saturated carbocycles. The van der Waals surface area contributed by atoms with E-state index >= 15 is 0 Å². The van der Waals surface area contributed by atoms with E-state index in [1.807, 2.05) is 0 Å². The Kier molecular flexibility index (Phi) is 5.44. The number of amides is 1. The van der Waals surface area contributed by atoms with E-state index < -0.39 is 15.6 Å². The van der Waals surface area contributed by atoms with Crippen molar-refractivity contribution in [1.82, 2.24) is 19.8 Å². The highest BCUT2D eigenvalue weighted by Crippen LogP contribution is 2.37. The predicted molar refractivity (Wildman–Crippen MR) is 106 cm³/mol. The molecule has 2 fully saturated rings. The molecule has 0 spiro atoms. The van der Waals surface area contributed by atoms with Gasteiger partial charge in [0.2, 0.25) is 15.9 Å². The molecule has 4 rings (SSSR count). The second-order valence-electron chi connectivity index (χ2n) is 7.87. The van der Waals surface area contributed by atoms with Crippen LogP contribution in [0.2, 0.25) is 0 Å². The monoisotopic (exact) mass is 418 g/mol. The average molecular weight is 419 g/mol. The SMILES string of the molecule is Cc1nc(C2(NC(=O)c3cccc(S(=O)(=O)N4CCCCC4)c3)CCCC2)no1. The minimum Gasteiger partial charge on any atom is -0.340 e. The largest absolute Gasteiger partial charge is 0.340 e. The summed E-state index contributed by atoms with van der Waals surface area (Å²) in [4.78, 5) is 17.5. The number of piperidine rings is 1. The first-order valence-corrected chi connectivity index (χ1v) is 11.6. The summed E-state index contributed by atoms with van der Waals surface area (Å²) in [5, 5.41) is 7.10. The molecule has 156 valence electrons. The number of sulfonamides is 1. The number of hydrogen-bond acceptors (Lipinski definition) is 6. The molecule has 2 aliphatic rings. The lowest BCUT2D eigenvalue weighted by molar-refractivity contribution is 0.0891. The van der Waals surface area contributed by atoms with E-state index in [1.54, 1.807) is 25.1 Å². The maximum absolute atomic E-state index is 13.0. The van der Waals surface area contributed by atoms with Gasteiger partial charge in [-0.1, -0.05) is 30.5 Å². The number of aryl methyl sites for hydroxylation is 1. The van der Waals surface area contributed by atoms with Gasteiger partial charge in [-0.15, -0.1) is 0 Å². The van der Waals surface area contributed by atoms with Crippen LogP contribution in [-0.4, -0.2) is 41.9 Å². The first-order chi connectivity index (χ1) is 13.9. The van der Waals surface area contributed by atoms with E-state index in [4.69, 9.17) is 4.52 Å². The zero-order valence-electron chi connectivity index (χ0n) is 16.6. The van der Waals surface area contributed by atoms with Crippen molar-refractivity contribution in [2.24, 2.45) is 0 Å². The fourth-order valence-electron chi connectivity index (χ4n) is 4.22. The van der Waals surface area contributed by atoms with Crippen LogP contribution in [0.4, 0.5) is 0 Å². The van der Waals surface area contributed by atoms with E-state index in [1.165, 1.54) is 10.4 Å². The molecule has 0 atom stereocenters. The van der Waals surface area contributed by atoms with E-state index in [2.05, 4.69) is 15.5 Å². The number of benzene rings is 1. The van der Waals surface area contributed by atoms with Crippen molar-refractivity contribution in [3.8, 4) is 0 Å². The number of aromatic nitrogens is 2. The summed E-state index contributed by atoms with van der Waals surface area (Å²) >= 11 is 0. The smallest absolute Gasteiger partial charge is 0.252 e. The van der Waals surface area contributed by atoms with Gasteiger partial charge >= 0.3 is 0 Å². The molecule has 29 heavy (non-hydrogen) atoms. The minimum absolute atomic E-state index is 0.155. The van der Waals surface area contributed by atoms with Gasteiger partial charge in [-0.3, -0.25) is 4.79 Å². The van der Waals surface area contributed by atoms with Crippen LogP contribution in [0.1, 0.15) is 67.0 Å². The van der Waals surface area contributed by atoms with Gasteiger partial charge in [-0.25, -0.2) is 8.42 Å². The molecule has 1 aliphatic heterocycles. The Labute approximate surface area is 170 Å². The van der Waals surface area contributed by atoms with Gasteiger partial charge in [-0.05, 0) is 43.9 Å². The fraction of sp³-hybridized carbons (Fsp3) is 0.550. The Hall–Kier alpha value is -2.26. The molecule has 9 heteroatoms. The number of hydrogen-bond donors (Lipinski definition) is 1. The van der Waals surface area contributed by atoms with E-state index in [9.17, 15) is 13.2 Å². The van der Waals surface area contributed by atoms with Crippen molar-refractivity contribution in [3.63, 3.8) is 0 Å². The van der Waals surface area contributed by atoms with Gasteiger partial charge in [0.25, 0.3) is 5.91 Å². The highest BCUT2D eigenvalue weighted by atomic mass is 32.2. The molecular formula is C20H26N4O4S. The van der Waals surface area contributed by atoms with Gasteiger partial charge in [0.1, 0.15) is 5.54 Å². The topological polar surface area (TPSA) is 105 Å². The molecule has 0 radical (unpaired) electrons. The van der Waals surface area contributed by atoms with E-state index in [0.717, 1.165) is 44.9 Å². The summed E-state index contributed by atoms with van der Waals surface area (Å²) < 4.78 is 32.5. The number of carbonyl (C=O) groups excluding carboxylic acids is 1. The van der Waals surface area contributed by atoms with Crippen LogP contribution in [0, 0.1) is 6.92 Å². The Morgan fingerprint density at radius 2 is 1.86 bits per heavy atom. The lowest BCUT2D eigenvalue weighted by Crippen LogP contribution is -2.44. The lowest BCUT2D eigenvalue weighted by Gasteiger charge is -2.27. The lowest BCUT2D eigenvalue weighted by atomic mass is 9.96. The van der Waals surface area contributed by atoms with Crippen LogP contribution in [-0.2, 0) is 15.6 Å². The summed E-state index contributed by atoms with van der Waals surface area (Å²) in [5.74, 6) is 0.609. The van der Waals surface area contributed by atoms with E-state index in [0.29, 0.717) is 30.4 Å². The van der Waals surface area contributed by atoms with Crippen LogP contribution < -0.4 is 5.32 Å². The van der Waals surface area contributed by atoms with Crippen molar-refractivity contribution in [2.45, 2.75) is 62.3 Å². The van der Waals surface area contributed by atoms with E-state index in [-0.39, 0.29) is 10.8 Å². The standard InChI is InChI=1S/C20H26N4O4S/c1-15-21-19(23-28-15)20(10-3-4-11-20)22-18(25)16-8-7-9-17(14-16)29(26,27)24-12-5-2-6-13-24/h7-9,14H,2-6,10-13H2,1H3,(H,22,25). The molecule has 1 aliphatic carbocycles. The summed E-state index contributed by atoms with van der Waals surface area (Å²) in [6.45, 7) is 2.77. The second-order valence-corrected chi connectivity index (χ2v) is 9.81.